The molecule has 0 aliphatic carbocycles. The number of rotatable bonds is 2. The number of hydrogen-bond acceptors (Lipinski definition) is 3. The molecule has 1 heterocycles. The normalized spacial score (nSPS) is 12.6. The van der Waals surface area contributed by atoms with Crippen LogP contribution in [-0.2, 0) is 4.74 Å². The number of halogens is 5. The van der Waals surface area contributed by atoms with Gasteiger partial charge in [-0.1, -0.05) is 0 Å². The minimum absolute atomic E-state index is 0.631. The number of aromatic nitrogens is 2. The molecule has 0 aliphatic heterocycles. The molecule has 0 N–H and O–H groups in total. The summed E-state index contributed by atoms with van der Waals surface area (Å²) in [6, 6.07) is 0. The lowest BCUT2D eigenvalue weighted by Crippen LogP contribution is -2.41. The third kappa shape index (κ3) is 2.67. The van der Waals surface area contributed by atoms with Gasteiger partial charge in [0.05, 0.1) is 0 Å². The van der Waals surface area contributed by atoms with E-state index in [1.165, 1.54) is 0 Å². The average Bonchev–Trinajstić information content (AvgIpc) is 2.65. The van der Waals surface area contributed by atoms with Crippen LogP contribution >= 0.6 is 0 Å². The largest absolute Gasteiger partial charge is 0.456 e. The predicted molar refractivity (Wildman–Crippen MR) is 40.0 cm³/mol. The Morgan fingerprint density at radius 2 is 1.94 bits per heavy atom. The lowest BCUT2D eigenvalue weighted by atomic mass is 10.3. The summed E-state index contributed by atoms with van der Waals surface area (Å²) in [5.41, 5.74) is 0. The molecule has 0 saturated heterocycles. The fourth-order valence-corrected chi connectivity index (χ4v) is 0.676. The molecular formula is C7H5F5N2O2. The summed E-state index contributed by atoms with van der Waals surface area (Å²) in [5, 5.41) is 0. The van der Waals surface area contributed by atoms with Gasteiger partial charge in [0, 0.05) is 12.4 Å². The predicted octanol–water partition coefficient (Wildman–Crippen LogP) is 2.07. The fourth-order valence-electron chi connectivity index (χ4n) is 0.676. The van der Waals surface area contributed by atoms with E-state index in [0.717, 1.165) is 18.7 Å². The number of ether oxygens (including phenoxy) is 1. The van der Waals surface area contributed by atoms with Gasteiger partial charge in [0.15, 0.2) is 6.61 Å². The van der Waals surface area contributed by atoms with Crippen molar-refractivity contribution in [1.29, 1.82) is 0 Å². The number of carbonyl (C=O) groups is 1. The van der Waals surface area contributed by atoms with Gasteiger partial charge in [-0.15, -0.1) is 0 Å². The second-order valence-corrected chi connectivity index (χ2v) is 2.73. The first-order valence-electron chi connectivity index (χ1n) is 3.84. The van der Waals surface area contributed by atoms with Crippen LogP contribution < -0.4 is 0 Å². The third-order valence-corrected chi connectivity index (χ3v) is 1.51. The van der Waals surface area contributed by atoms with Crippen molar-refractivity contribution in [2.24, 2.45) is 0 Å². The second kappa shape index (κ2) is 4.06. The van der Waals surface area contributed by atoms with E-state index in [1.54, 1.807) is 0 Å². The number of nitrogens with zero attached hydrogens (tertiary/aromatic N) is 2. The van der Waals surface area contributed by atoms with E-state index < -0.39 is 24.8 Å². The molecule has 0 radical (unpaired) electrons. The van der Waals surface area contributed by atoms with Crippen molar-refractivity contribution in [1.82, 2.24) is 9.55 Å². The van der Waals surface area contributed by atoms with Crippen LogP contribution in [0.3, 0.4) is 0 Å². The molecule has 1 rings (SSSR count). The maximum absolute atomic E-state index is 12.3. The highest BCUT2D eigenvalue weighted by Gasteiger charge is 2.58. The van der Waals surface area contributed by atoms with Crippen molar-refractivity contribution in [3.63, 3.8) is 0 Å². The van der Waals surface area contributed by atoms with Gasteiger partial charge in [-0.05, 0) is 0 Å². The number of imidazole rings is 1. The molecule has 4 nitrogen and oxygen atoms in total. The molecule has 0 saturated carbocycles. The van der Waals surface area contributed by atoms with E-state index >= 15 is 0 Å². The van der Waals surface area contributed by atoms with Crippen LogP contribution in [0.1, 0.15) is 0 Å². The third-order valence-electron chi connectivity index (χ3n) is 1.51. The first kappa shape index (κ1) is 12.4. The van der Waals surface area contributed by atoms with Gasteiger partial charge in [0.25, 0.3) is 0 Å². The van der Waals surface area contributed by atoms with E-state index in [9.17, 15) is 26.7 Å². The Hall–Kier alpha value is -1.67. The summed E-state index contributed by atoms with van der Waals surface area (Å²) in [6.45, 7) is -2.06. The van der Waals surface area contributed by atoms with Crippen LogP contribution in [0.5, 0.6) is 0 Å². The van der Waals surface area contributed by atoms with Gasteiger partial charge in [-0.25, -0.2) is 14.3 Å². The first-order chi connectivity index (χ1) is 7.24. The maximum atomic E-state index is 12.3. The topological polar surface area (TPSA) is 44.1 Å². The van der Waals surface area contributed by atoms with Gasteiger partial charge < -0.3 is 4.74 Å². The molecule has 0 spiro atoms. The molecule has 0 aromatic carbocycles. The second-order valence-electron chi connectivity index (χ2n) is 2.73. The highest BCUT2D eigenvalue weighted by atomic mass is 19.4. The Labute approximate surface area is 85.6 Å². The highest BCUT2D eigenvalue weighted by Crippen LogP contribution is 2.35. The van der Waals surface area contributed by atoms with Crippen molar-refractivity contribution in [3.05, 3.63) is 18.7 Å². The zero-order chi connectivity index (χ0) is 12.4. The van der Waals surface area contributed by atoms with Gasteiger partial charge in [0.1, 0.15) is 6.33 Å². The average molecular weight is 244 g/mol. The van der Waals surface area contributed by atoms with Crippen LogP contribution in [0.4, 0.5) is 26.7 Å². The fraction of sp³-hybridized carbons (Fsp3) is 0.429. The SMILES string of the molecule is O=C(OCC(F)(F)C(F)(F)F)n1ccnc1. The van der Waals surface area contributed by atoms with E-state index in [-0.39, 0.29) is 0 Å². The number of carbonyl (C=O) groups excluding carboxylic acids is 1. The lowest BCUT2D eigenvalue weighted by molar-refractivity contribution is -0.292. The molecule has 9 heteroatoms. The molecule has 0 unspecified atom stereocenters. The maximum Gasteiger partial charge on any atom is 0.456 e. The zero-order valence-corrected chi connectivity index (χ0v) is 7.54. The van der Waals surface area contributed by atoms with E-state index in [0.29, 0.717) is 4.57 Å². The van der Waals surface area contributed by atoms with Crippen LogP contribution in [-0.4, -0.2) is 34.4 Å². The minimum Gasteiger partial charge on any atom is -0.442 e. The monoisotopic (exact) mass is 244 g/mol. The smallest absolute Gasteiger partial charge is 0.442 e. The number of hydrogen-bond donors (Lipinski definition) is 0. The van der Waals surface area contributed by atoms with Crippen molar-refractivity contribution < 1.29 is 31.5 Å². The molecule has 0 bridgehead atoms. The summed E-state index contributed by atoms with van der Waals surface area (Å²) < 4.78 is 64.0. The van der Waals surface area contributed by atoms with Gasteiger partial charge in [0.2, 0.25) is 0 Å². The quantitative estimate of drug-likeness (QED) is 0.748. The van der Waals surface area contributed by atoms with E-state index in [4.69, 9.17) is 0 Å². The minimum atomic E-state index is -5.75. The standard InChI is InChI=1S/C7H5F5N2O2/c8-6(9,7(10,11)12)3-16-5(15)14-2-1-13-4-14/h1-2,4H,3H2. The molecular weight excluding hydrogens is 239 g/mol. The number of alkyl halides is 5. The van der Waals surface area contributed by atoms with E-state index in [1.807, 2.05) is 0 Å². The Balaban J connectivity index is 2.56. The van der Waals surface area contributed by atoms with Crippen molar-refractivity contribution in [3.8, 4) is 0 Å². The van der Waals surface area contributed by atoms with Gasteiger partial charge in [-0.3, -0.25) is 0 Å². The molecule has 0 amide bonds. The molecule has 90 valence electrons. The van der Waals surface area contributed by atoms with Crippen molar-refractivity contribution >= 4 is 6.09 Å². The molecule has 0 aliphatic rings. The van der Waals surface area contributed by atoms with Crippen molar-refractivity contribution in [2.45, 2.75) is 12.1 Å². The molecule has 1 aromatic heterocycles. The zero-order valence-electron chi connectivity index (χ0n) is 7.54. The first-order valence-corrected chi connectivity index (χ1v) is 3.84. The molecule has 0 atom stereocenters. The molecule has 1 aromatic rings. The summed E-state index contributed by atoms with van der Waals surface area (Å²) in [6.07, 6.45) is -4.01. The summed E-state index contributed by atoms with van der Waals surface area (Å²) >= 11 is 0. The molecule has 16 heavy (non-hydrogen) atoms. The molecule has 0 fully saturated rings. The Kier molecular flexibility index (Phi) is 3.15. The van der Waals surface area contributed by atoms with Gasteiger partial charge in [-0.2, -0.15) is 22.0 Å². The Morgan fingerprint density at radius 3 is 2.38 bits per heavy atom. The summed E-state index contributed by atoms with van der Waals surface area (Å²) in [7, 11) is 0. The van der Waals surface area contributed by atoms with Crippen LogP contribution in [0, 0.1) is 0 Å². The highest BCUT2D eigenvalue weighted by molar-refractivity contribution is 5.69. The van der Waals surface area contributed by atoms with Crippen molar-refractivity contribution in [2.75, 3.05) is 6.61 Å². The van der Waals surface area contributed by atoms with Gasteiger partial charge >= 0.3 is 18.2 Å². The Bertz CT molecular complexity index is 359. The van der Waals surface area contributed by atoms with Crippen LogP contribution in [0.25, 0.3) is 0 Å². The lowest BCUT2D eigenvalue weighted by Gasteiger charge is -2.18. The Morgan fingerprint density at radius 1 is 1.31 bits per heavy atom. The van der Waals surface area contributed by atoms with Crippen LogP contribution in [0.2, 0.25) is 0 Å². The van der Waals surface area contributed by atoms with E-state index in [2.05, 4.69) is 9.72 Å². The summed E-state index contributed by atoms with van der Waals surface area (Å²) in [4.78, 5) is 14.3. The van der Waals surface area contributed by atoms with Crippen LogP contribution in [0.15, 0.2) is 18.7 Å². The summed E-state index contributed by atoms with van der Waals surface area (Å²) in [5.74, 6) is -5.07.